The fourth-order valence-electron chi connectivity index (χ4n) is 1.96. The lowest BCUT2D eigenvalue weighted by atomic mass is 10.1. The molecule has 0 atom stereocenters. The van der Waals surface area contributed by atoms with Crippen LogP contribution in [0.3, 0.4) is 0 Å². The molecule has 2 rings (SSSR count). The van der Waals surface area contributed by atoms with Crippen molar-refractivity contribution in [2.45, 2.75) is 19.9 Å². The molecule has 0 saturated carbocycles. The Kier molecular flexibility index (Phi) is 5.29. The van der Waals surface area contributed by atoms with Crippen LogP contribution in [0.5, 0.6) is 0 Å². The predicted octanol–water partition coefficient (Wildman–Crippen LogP) is 0.787. The molecule has 0 radical (unpaired) electrons. The molecule has 2 aromatic rings. The van der Waals surface area contributed by atoms with Crippen LogP contribution in [0.1, 0.15) is 24.2 Å². The molecule has 0 bridgehead atoms. The van der Waals surface area contributed by atoms with Crippen LogP contribution in [0, 0.1) is 0 Å². The SMILES string of the molecule is CCOC(=O)C(NC(=O)c1ccc2cn[nH]c2c1)C(=O)OCC. The van der Waals surface area contributed by atoms with Crippen molar-refractivity contribution in [2.75, 3.05) is 13.2 Å². The maximum atomic E-state index is 12.3. The van der Waals surface area contributed by atoms with Gasteiger partial charge in [0.25, 0.3) is 5.91 Å². The lowest BCUT2D eigenvalue weighted by Crippen LogP contribution is -2.48. The van der Waals surface area contributed by atoms with Crippen LogP contribution in [0.25, 0.3) is 10.9 Å². The Morgan fingerprint density at radius 2 is 1.83 bits per heavy atom. The number of hydrogen-bond acceptors (Lipinski definition) is 6. The Labute approximate surface area is 132 Å². The highest BCUT2D eigenvalue weighted by atomic mass is 16.6. The van der Waals surface area contributed by atoms with Gasteiger partial charge in [-0.15, -0.1) is 0 Å². The molecule has 8 nitrogen and oxygen atoms in total. The zero-order chi connectivity index (χ0) is 16.8. The quantitative estimate of drug-likeness (QED) is 0.601. The van der Waals surface area contributed by atoms with Gasteiger partial charge in [0.05, 0.1) is 24.9 Å². The van der Waals surface area contributed by atoms with Crippen LogP contribution in [0.4, 0.5) is 0 Å². The molecular formula is C15H17N3O5. The van der Waals surface area contributed by atoms with Gasteiger partial charge in [-0.2, -0.15) is 5.10 Å². The van der Waals surface area contributed by atoms with Crippen LogP contribution in [-0.2, 0) is 19.1 Å². The van der Waals surface area contributed by atoms with Crippen molar-refractivity contribution in [3.8, 4) is 0 Å². The average molecular weight is 319 g/mol. The normalized spacial score (nSPS) is 10.6. The summed E-state index contributed by atoms with van der Waals surface area (Å²) >= 11 is 0. The Morgan fingerprint density at radius 1 is 1.17 bits per heavy atom. The highest BCUT2D eigenvalue weighted by Crippen LogP contribution is 2.13. The number of ether oxygens (including phenoxy) is 2. The average Bonchev–Trinajstić information content (AvgIpc) is 3.00. The number of aromatic amines is 1. The van der Waals surface area contributed by atoms with Crippen LogP contribution in [0.2, 0.25) is 0 Å². The number of aromatic nitrogens is 2. The van der Waals surface area contributed by atoms with E-state index in [2.05, 4.69) is 15.5 Å². The third-order valence-electron chi connectivity index (χ3n) is 3.02. The van der Waals surface area contributed by atoms with Gasteiger partial charge < -0.3 is 14.8 Å². The van der Waals surface area contributed by atoms with E-state index in [1.165, 1.54) is 0 Å². The summed E-state index contributed by atoms with van der Waals surface area (Å²) in [6, 6.07) is 3.35. The molecule has 0 saturated heterocycles. The smallest absolute Gasteiger partial charge is 0.340 e. The first-order valence-corrected chi connectivity index (χ1v) is 7.14. The number of fused-ring (bicyclic) bond motifs is 1. The molecular weight excluding hydrogens is 302 g/mol. The van der Waals surface area contributed by atoms with Gasteiger partial charge in [0.1, 0.15) is 0 Å². The predicted molar refractivity (Wildman–Crippen MR) is 80.6 cm³/mol. The fraction of sp³-hybridized carbons (Fsp3) is 0.333. The minimum absolute atomic E-state index is 0.0880. The van der Waals surface area contributed by atoms with E-state index in [-0.39, 0.29) is 18.8 Å². The Balaban J connectivity index is 2.18. The summed E-state index contributed by atoms with van der Waals surface area (Å²) in [5.41, 5.74) is 0.946. The van der Waals surface area contributed by atoms with E-state index in [1.807, 2.05) is 0 Å². The summed E-state index contributed by atoms with van der Waals surface area (Å²) in [6.07, 6.45) is 1.62. The third-order valence-corrected chi connectivity index (χ3v) is 3.02. The van der Waals surface area contributed by atoms with Gasteiger partial charge in [0.2, 0.25) is 6.04 Å². The highest BCUT2D eigenvalue weighted by Gasteiger charge is 2.31. The summed E-state index contributed by atoms with van der Waals surface area (Å²) in [5, 5.41) is 9.78. The molecule has 1 amide bonds. The van der Waals surface area contributed by atoms with Crippen molar-refractivity contribution in [1.82, 2.24) is 15.5 Å². The standard InChI is InChI=1S/C15H17N3O5/c1-3-22-14(20)12(15(21)23-4-2)17-13(19)9-5-6-10-8-16-18-11(10)7-9/h5-8,12H,3-4H2,1-2H3,(H,16,18)(H,17,19). The topological polar surface area (TPSA) is 110 Å². The Bertz CT molecular complexity index is 707. The van der Waals surface area contributed by atoms with Gasteiger partial charge in [-0.25, -0.2) is 9.59 Å². The second kappa shape index (κ2) is 7.39. The maximum Gasteiger partial charge on any atom is 0.340 e. The first-order valence-electron chi connectivity index (χ1n) is 7.14. The number of carbonyl (C=O) groups is 3. The first-order chi connectivity index (χ1) is 11.1. The highest BCUT2D eigenvalue weighted by molar-refractivity contribution is 6.06. The molecule has 2 N–H and O–H groups in total. The van der Waals surface area contributed by atoms with E-state index in [0.29, 0.717) is 5.52 Å². The van der Waals surface area contributed by atoms with Crippen molar-refractivity contribution >= 4 is 28.7 Å². The number of esters is 2. The van der Waals surface area contributed by atoms with E-state index in [9.17, 15) is 14.4 Å². The minimum atomic E-state index is -1.50. The third kappa shape index (κ3) is 3.85. The molecule has 1 aromatic carbocycles. The summed E-state index contributed by atoms with van der Waals surface area (Å²) in [6.45, 7) is 3.39. The molecule has 23 heavy (non-hydrogen) atoms. The van der Waals surface area contributed by atoms with E-state index in [4.69, 9.17) is 9.47 Å². The minimum Gasteiger partial charge on any atom is -0.464 e. The van der Waals surface area contributed by atoms with Gasteiger partial charge in [0.15, 0.2) is 0 Å². The van der Waals surface area contributed by atoms with Crippen LogP contribution >= 0.6 is 0 Å². The van der Waals surface area contributed by atoms with Gasteiger partial charge in [-0.3, -0.25) is 9.89 Å². The zero-order valence-corrected chi connectivity index (χ0v) is 12.8. The number of carbonyl (C=O) groups excluding carboxylic acids is 3. The van der Waals surface area contributed by atoms with Crippen molar-refractivity contribution < 1.29 is 23.9 Å². The summed E-state index contributed by atoms with van der Waals surface area (Å²) < 4.78 is 9.59. The number of nitrogens with zero attached hydrogens (tertiary/aromatic N) is 1. The van der Waals surface area contributed by atoms with E-state index >= 15 is 0 Å². The van der Waals surface area contributed by atoms with Crippen LogP contribution in [0.15, 0.2) is 24.4 Å². The van der Waals surface area contributed by atoms with Gasteiger partial charge in [-0.1, -0.05) is 6.07 Å². The zero-order valence-electron chi connectivity index (χ0n) is 12.8. The number of hydrogen-bond donors (Lipinski definition) is 2. The fourth-order valence-corrected chi connectivity index (χ4v) is 1.96. The van der Waals surface area contributed by atoms with E-state index < -0.39 is 23.9 Å². The molecule has 0 aliphatic carbocycles. The monoisotopic (exact) mass is 319 g/mol. The molecule has 8 heteroatoms. The molecule has 122 valence electrons. The Hall–Kier alpha value is -2.90. The number of rotatable bonds is 6. The molecule has 1 heterocycles. The van der Waals surface area contributed by atoms with Gasteiger partial charge in [0, 0.05) is 10.9 Å². The molecule has 0 aliphatic rings. The van der Waals surface area contributed by atoms with Gasteiger partial charge >= 0.3 is 11.9 Å². The molecule has 0 aliphatic heterocycles. The maximum absolute atomic E-state index is 12.3. The van der Waals surface area contributed by atoms with E-state index in [0.717, 1.165) is 5.39 Å². The summed E-state index contributed by atoms with van der Waals surface area (Å²) in [7, 11) is 0. The summed E-state index contributed by atoms with van der Waals surface area (Å²) in [4.78, 5) is 36.0. The van der Waals surface area contributed by atoms with Crippen molar-refractivity contribution in [2.24, 2.45) is 0 Å². The molecule has 0 fully saturated rings. The second-order valence-corrected chi connectivity index (χ2v) is 4.58. The lowest BCUT2D eigenvalue weighted by Gasteiger charge is -2.15. The van der Waals surface area contributed by atoms with Crippen molar-refractivity contribution in [3.63, 3.8) is 0 Å². The van der Waals surface area contributed by atoms with Crippen LogP contribution in [-0.4, -0.2) is 47.3 Å². The largest absolute Gasteiger partial charge is 0.464 e. The number of amides is 1. The second-order valence-electron chi connectivity index (χ2n) is 4.58. The Morgan fingerprint density at radius 3 is 2.43 bits per heavy atom. The number of nitrogens with one attached hydrogen (secondary N) is 2. The number of H-pyrrole nitrogens is 1. The van der Waals surface area contributed by atoms with Crippen molar-refractivity contribution in [3.05, 3.63) is 30.0 Å². The van der Waals surface area contributed by atoms with Gasteiger partial charge in [-0.05, 0) is 26.0 Å². The van der Waals surface area contributed by atoms with Crippen LogP contribution < -0.4 is 5.32 Å². The first kappa shape index (κ1) is 16.5. The molecule has 0 unspecified atom stereocenters. The lowest BCUT2D eigenvalue weighted by molar-refractivity contribution is -0.157. The number of benzene rings is 1. The molecule has 0 spiro atoms. The van der Waals surface area contributed by atoms with Crippen molar-refractivity contribution in [1.29, 1.82) is 0 Å². The molecule has 1 aromatic heterocycles. The van der Waals surface area contributed by atoms with E-state index in [1.54, 1.807) is 38.2 Å². The summed E-state index contributed by atoms with van der Waals surface area (Å²) in [5.74, 6) is -2.31.